The van der Waals surface area contributed by atoms with Crippen LogP contribution in [0.15, 0.2) is 0 Å². The zero-order valence-corrected chi connectivity index (χ0v) is 7.20. The Kier molecular flexibility index (Phi) is 19.9. The summed E-state index contributed by atoms with van der Waals surface area (Å²) >= 11 is 0.500. The van der Waals surface area contributed by atoms with Gasteiger partial charge in [0.05, 0.1) is 0 Å². The minimum atomic E-state index is 0. The Morgan fingerprint density at radius 3 is 1.25 bits per heavy atom. The third-order valence-corrected chi connectivity index (χ3v) is 0. The molecule has 0 aliphatic rings. The SMILES string of the molecule is [CH3][Ge][CH3].[Ge]. The van der Waals surface area contributed by atoms with Gasteiger partial charge >= 0.3 is 26.9 Å². The van der Waals surface area contributed by atoms with E-state index in [1.54, 1.807) is 0 Å². The van der Waals surface area contributed by atoms with Gasteiger partial charge in [0, 0.05) is 17.6 Å². The Balaban J connectivity index is 0. The molecule has 2 heteroatoms. The van der Waals surface area contributed by atoms with Crippen LogP contribution in [0.2, 0.25) is 11.5 Å². The molecule has 0 aromatic rings. The van der Waals surface area contributed by atoms with Gasteiger partial charge in [0.25, 0.3) is 0 Å². The van der Waals surface area contributed by atoms with Crippen LogP contribution in [-0.2, 0) is 0 Å². The topological polar surface area (TPSA) is 0 Å². The maximum absolute atomic E-state index is 2.25. The molecule has 0 rings (SSSR count). The second-order valence-corrected chi connectivity index (χ2v) is 2.60. The van der Waals surface area contributed by atoms with Crippen LogP contribution in [0.3, 0.4) is 0 Å². The van der Waals surface area contributed by atoms with E-state index in [0.717, 1.165) is 0 Å². The third kappa shape index (κ3) is 11.4. The predicted octanol–water partition coefficient (Wildman–Crippen LogP) is 0.406. The van der Waals surface area contributed by atoms with E-state index < -0.39 is 0 Å². The average Bonchev–Trinajstić information content (AvgIpc) is 0.918. The summed E-state index contributed by atoms with van der Waals surface area (Å²) in [5, 5.41) is 0. The largest absolute Gasteiger partial charge is 0 e. The van der Waals surface area contributed by atoms with Gasteiger partial charge in [-0.05, 0) is 0 Å². The molecule has 0 amide bonds. The van der Waals surface area contributed by atoms with E-state index in [-0.39, 0.29) is 17.6 Å². The van der Waals surface area contributed by atoms with Crippen LogP contribution in [0.5, 0.6) is 0 Å². The molecule has 0 aliphatic heterocycles. The van der Waals surface area contributed by atoms with Gasteiger partial charge < -0.3 is 0 Å². The number of hydrogen-bond acceptors (Lipinski definition) is 0. The van der Waals surface area contributed by atoms with Crippen LogP contribution < -0.4 is 0 Å². The van der Waals surface area contributed by atoms with E-state index in [9.17, 15) is 0 Å². The minimum Gasteiger partial charge on any atom is 0 e. The van der Waals surface area contributed by atoms with Crippen molar-refractivity contribution in [1.29, 1.82) is 0 Å². The maximum Gasteiger partial charge on any atom is 0 e. The zero-order chi connectivity index (χ0) is 2.71. The Labute approximate surface area is 44.8 Å². The van der Waals surface area contributed by atoms with E-state index >= 15 is 0 Å². The molecule has 0 bridgehead atoms. The van der Waals surface area contributed by atoms with Gasteiger partial charge in [0.15, 0.2) is 0 Å². The van der Waals surface area contributed by atoms with Crippen molar-refractivity contribution >= 4 is 33.0 Å². The first-order chi connectivity index (χ1) is 1.41. The molecule has 4 heavy (non-hydrogen) atoms. The molecule has 0 unspecified atom stereocenters. The summed E-state index contributed by atoms with van der Waals surface area (Å²) in [5.74, 6) is 4.50. The Morgan fingerprint density at radius 1 is 1.25 bits per heavy atom. The summed E-state index contributed by atoms with van der Waals surface area (Å²) in [6.07, 6.45) is 0. The first-order valence-corrected chi connectivity index (χ1v) is 5.20. The smallest absolute Gasteiger partial charge is 0 e. The molecule has 0 atom stereocenters. The quantitative estimate of drug-likeness (QED) is 0.468. The normalized spacial score (nSPS) is 4.50. The van der Waals surface area contributed by atoms with Crippen molar-refractivity contribution in [2.45, 2.75) is 11.5 Å². The summed E-state index contributed by atoms with van der Waals surface area (Å²) in [5.41, 5.74) is 0. The summed E-state index contributed by atoms with van der Waals surface area (Å²) in [6, 6.07) is 0. The molecule has 6 radical (unpaired) electrons. The van der Waals surface area contributed by atoms with Crippen molar-refractivity contribution in [2.24, 2.45) is 0 Å². The van der Waals surface area contributed by atoms with Crippen molar-refractivity contribution in [3.05, 3.63) is 0 Å². The Bertz CT molecular complexity index is 4.00. The van der Waals surface area contributed by atoms with E-state index in [1.165, 1.54) is 0 Å². The summed E-state index contributed by atoms with van der Waals surface area (Å²) in [4.78, 5) is 0. The second kappa shape index (κ2) is 8.94. The van der Waals surface area contributed by atoms with Crippen LogP contribution in [-0.4, -0.2) is 33.0 Å². The van der Waals surface area contributed by atoms with Gasteiger partial charge in [-0.15, -0.1) is 0 Å². The Morgan fingerprint density at radius 2 is 1.25 bits per heavy atom. The molecule has 0 fully saturated rings. The van der Waals surface area contributed by atoms with E-state index in [1.807, 2.05) is 0 Å². The fraction of sp³-hybridized carbons (Fsp3) is 1.00. The molecular weight excluding hydrogens is 169 g/mol. The van der Waals surface area contributed by atoms with E-state index in [4.69, 9.17) is 0 Å². The van der Waals surface area contributed by atoms with Gasteiger partial charge in [0.1, 0.15) is 0 Å². The number of hydrogen-bond donors (Lipinski definition) is 0. The molecule has 0 saturated heterocycles. The molecule has 0 saturated carbocycles. The summed E-state index contributed by atoms with van der Waals surface area (Å²) < 4.78 is 0. The predicted molar refractivity (Wildman–Crippen MR) is 23.2 cm³/mol. The van der Waals surface area contributed by atoms with Gasteiger partial charge in [-0.2, -0.15) is 0 Å². The minimum absolute atomic E-state index is 0. The van der Waals surface area contributed by atoms with E-state index in [0.29, 0.717) is 15.4 Å². The van der Waals surface area contributed by atoms with Crippen molar-refractivity contribution in [3.63, 3.8) is 0 Å². The van der Waals surface area contributed by atoms with Crippen molar-refractivity contribution in [3.8, 4) is 0 Å². The molecule has 0 aromatic heterocycles. The molecule has 0 N–H and O–H groups in total. The summed E-state index contributed by atoms with van der Waals surface area (Å²) in [7, 11) is 0. The van der Waals surface area contributed by atoms with Crippen LogP contribution in [0.4, 0.5) is 0 Å². The first-order valence-electron chi connectivity index (χ1n) is 1.00. The zero-order valence-electron chi connectivity index (χ0n) is 3.00. The van der Waals surface area contributed by atoms with Crippen molar-refractivity contribution in [2.75, 3.05) is 0 Å². The fourth-order valence-electron chi connectivity index (χ4n) is 0. The molecular formula is C2H6Ge2. The van der Waals surface area contributed by atoms with Gasteiger partial charge in [0.2, 0.25) is 0 Å². The molecule has 0 nitrogen and oxygen atoms in total. The van der Waals surface area contributed by atoms with Crippen LogP contribution in [0.25, 0.3) is 0 Å². The fourth-order valence-corrected chi connectivity index (χ4v) is 0. The molecule has 22 valence electrons. The van der Waals surface area contributed by atoms with Crippen molar-refractivity contribution < 1.29 is 0 Å². The molecule has 0 aliphatic carbocycles. The van der Waals surface area contributed by atoms with Gasteiger partial charge in [-0.3, -0.25) is 0 Å². The summed E-state index contributed by atoms with van der Waals surface area (Å²) in [6.45, 7) is 0. The monoisotopic (exact) mass is 178 g/mol. The van der Waals surface area contributed by atoms with Gasteiger partial charge in [-0.25, -0.2) is 0 Å². The Hall–Kier alpha value is 1.09. The average molecular weight is 175 g/mol. The van der Waals surface area contributed by atoms with Crippen molar-refractivity contribution in [1.82, 2.24) is 0 Å². The van der Waals surface area contributed by atoms with Crippen LogP contribution in [0, 0.1) is 0 Å². The second-order valence-electron chi connectivity index (χ2n) is 0.500. The van der Waals surface area contributed by atoms with E-state index in [2.05, 4.69) is 11.5 Å². The maximum atomic E-state index is 2.25. The standard InChI is InChI=1S/C2H6Ge.Ge/c1-3-2;/h1-2H3;. The van der Waals surface area contributed by atoms with Gasteiger partial charge in [-0.1, -0.05) is 0 Å². The third-order valence-electron chi connectivity index (χ3n) is 0. The molecule has 0 aromatic carbocycles. The molecule has 0 spiro atoms. The molecule has 0 heterocycles. The van der Waals surface area contributed by atoms with Crippen LogP contribution >= 0.6 is 0 Å². The first kappa shape index (κ1) is 8.92. The van der Waals surface area contributed by atoms with Crippen LogP contribution in [0.1, 0.15) is 0 Å². The number of rotatable bonds is 0.